The second kappa shape index (κ2) is 7.42. The third kappa shape index (κ3) is 3.60. The maximum Gasteiger partial charge on any atom is 0.322 e. The van der Waals surface area contributed by atoms with Crippen LogP contribution in [-0.2, 0) is 24.3 Å². The maximum atomic E-state index is 12.3. The smallest absolute Gasteiger partial charge is 0.322 e. The number of anilines is 1. The van der Waals surface area contributed by atoms with Gasteiger partial charge < -0.3 is 14.8 Å². The first-order valence-electron chi connectivity index (χ1n) is 11.5. The number of likely N-dealkylation sites (tertiary alicyclic amines) is 1. The van der Waals surface area contributed by atoms with Crippen LogP contribution in [0.5, 0.6) is 0 Å². The van der Waals surface area contributed by atoms with Crippen molar-refractivity contribution in [3.63, 3.8) is 0 Å². The summed E-state index contributed by atoms with van der Waals surface area (Å²) in [6, 6.07) is 1.74. The second-order valence-corrected chi connectivity index (χ2v) is 10.7. The summed E-state index contributed by atoms with van der Waals surface area (Å²) in [5, 5.41) is 14.8. The van der Waals surface area contributed by atoms with Gasteiger partial charge in [-0.15, -0.1) is 0 Å². The lowest BCUT2D eigenvalue weighted by Gasteiger charge is -2.37. The predicted octanol–water partition coefficient (Wildman–Crippen LogP) is 1.52. The summed E-state index contributed by atoms with van der Waals surface area (Å²) in [4.78, 5) is 37.6. The highest BCUT2D eigenvalue weighted by Crippen LogP contribution is 2.38. The Balaban J connectivity index is 1.53. The van der Waals surface area contributed by atoms with E-state index in [1.807, 2.05) is 7.05 Å². The molecule has 174 valence electrons. The zero-order valence-electron chi connectivity index (χ0n) is 19.7. The fraction of sp³-hybridized carbons (Fsp3) is 0.609. The molecule has 0 radical (unpaired) electrons. The van der Waals surface area contributed by atoms with Gasteiger partial charge in [0.2, 0.25) is 5.82 Å². The summed E-state index contributed by atoms with van der Waals surface area (Å²) in [5.41, 5.74) is 3.55. The summed E-state index contributed by atoms with van der Waals surface area (Å²) < 4.78 is 2.33. The van der Waals surface area contributed by atoms with Crippen LogP contribution in [0.25, 0.3) is 11.0 Å². The lowest BCUT2D eigenvalue weighted by Crippen LogP contribution is -2.54. The Labute approximate surface area is 192 Å². The van der Waals surface area contributed by atoms with Crippen LogP contribution in [0.3, 0.4) is 0 Å². The molecule has 33 heavy (non-hydrogen) atoms. The number of urea groups is 1. The zero-order valence-corrected chi connectivity index (χ0v) is 19.7. The maximum absolute atomic E-state index is 12.3. The van der Waals surface area contributed by atoms with E-state index in [1.54, 1.807) is 0 Å². The van der Waals surface area contributed by atoms with Gasteiger partial charge >= 0.3 is 6.03 Å². The summed E-state index contributed by atoms with van der Waals surface area (Å²) in [7, 11) is 2.01. The van der Waals surface area contributed by atoms with Crippen molar-refractivity contribution in [2.24, 2.45) is 5.41 Å². The van der Waals surface area contributed by atoms with Crippen LogP contribution in [-0.4, -0.2) is 63.6 Å². The van der Waals surface area contributed by atoms with E-state index in [9.17, 15) is 14.9 Å². The van der Waals surface area contributed by atoms with Crippen LogP contribution in [0, 0.1) is 16.7 Å². The molecule has 0 aromatic carbocycles. The normalized spacial score (nSPS) is 20.3. The number of imide groups is 1. The van der Waals surface area contributed by atoms with Crippen LogP contribution in [0.4, 0.5) is 10.6 Å². The van der Waals surface area contributed by atoms with Crippen LogP contribution in [0.2, 0.25) is 0 Å². The van der Waals surface area contributed by atoms with E-state index in [0.717, 1.165) is 42.9 Å². The van der Waals surface area contributed by atoms with Gasteiger partial charge in [0.05, 0.1) is 5.52 Å². The molecule has 2 fully saturated rings. The Morgan fingerprint density at radius 3 is 2.45 bits per heavy atom. The minimum atomic E-state index is -0.775. The van der Waals surface area contributed by atoms with Crippen molar-refractivity contribution in [2.45, 2.75) is 58.7 Å². The van der Waals surface area contributed by atoms with Crippen molar-refractivity contribution >= 4 is 28.8 Å². The first-order valence-corrected chi connectivity index (χ1v) is 11.5. The van der Waals surface area contributed by atoms with E-state index < -0.39 is 11.6 Å². The summed E-state index contributed by atoms with van der Waals surface area (Å²) >= 11 is 0. The fourth-order valence-corrected chi connectivity index (χ4v) is 5.34. The van der Waals surface area contributed by atoms with Crippen molar-refractivity contribution in [1.82, 2.24) is 30.1 Å². The molecule has 0 unspecified atom stereocenters. The van der Waals surface area contributed by atoms with Crippen LogP contribution in [0.15, 0.2) is 0 Å². The molecule has 10 heteroatoms. The Kier molecular flexibility index (Phi) is 4.86. The molecule has 0 atom stereocenters. The Morgan fingerprint density at radius 1 is 1.12 bits per heavy atom. The number of hydrogen-bond donors (Lipinski definition) is 2. The minimum Gasteiger partial charge on any atom is -0.356 e. The number of nitrogens with one attached hydrogen (secondary N) is 2. The molecule has 2 saturated heterocycles. The lowest BCUT2D eigenvalue weighted by atomic mass is 9.86. The molecule has 0 bridgehead atoms. The molecule has 2 N–H and O–H groups in total. The summed E-state index contributed by atoms with van der Waals surface area (Å²) in [6.45, 7) is 10.5. The Morgan fingerprint density at radius 2 is 1.85 bits per heavy atom. The van der Waals surface area contributed by atoms with E-state index in [1.165, 1.54) is 11.3 Å². The number of rotatable bonds is 3. The Hall–Kier alpha value is -3.19. The second-order valence-electron chi connectivity index (χ2n) is 10.7. The number of carbonyl (C=O) groups excluding carboxylic acids is 2. The van der Waals surface area contributed by atoms with Gasteiger partial charge in [0, 0.05) is 51.0 Å². The van der Waals surface area contributed by atoms with E-state index in [-0.39, 0.29) is 17.1 Å². The summed E-state index contributed by atoms with van der Waals surface area (Å²) in [6.07, 6.45) is 2.02. The molecule has 3 amide bonds. The van der Waals surface area contributed by atoms with Gasteiger partial charge in [-0.1, -0.05) is 20.8 Å². The predicted molar refractivity (Wildman–Crippen MR) is 123 cm³/mol. The van der Waals surface area contributed by atoms with E-state index in [4.69, 9.17) is 0 Å². The molecule has 10 nitrogen and oxygen atoms in total. The van der Waals surface area contributed by atoms with Crippen LogP contribution >= 0.6 is 0 Å². The summed E-state index contributed by atoms with van der Waals surface area (Å²) in [5.74, 6) is 0.802. The molecule has 3 aliphatic heterocycles. The first-order chi connectivity index (χ1) is 15.6. The highest BCUT2D eigenvalue weighted by molar-refractivity contribution is 6.07. The number of carbonyl (C=O) groups is 2. The first kappa shape index (κ1) is 21.6. The molecule has 2 aromatic heterocycles. The van der Waals surface area contributed by atoms with Crippen molar-refractivity contribution < 1.29 is 9.59 Å². The molecule has 1 spiro atoms. The molecule has 5 rings (SSSR count). The minimum absolute atomic E-state index is 0.0455. The molecule has 0 aliphatic carbocycles. The molecule has 2 aromatic rings. The highest BCUT2D eigenvalue weighted by atomic mass is 16.2. The van der Waals surface area contributed by atoms with E-state index >= 15 is 0 Å². The molecular formula is C23H30N8O2. The van der Waals surface area contributed by atoms with Gasteiger partial charge in [-0.3, -0.25) is 15.0 Å². The van der Waals surface area contributed by atoms with E-state index in [2.05, 4.69) is 61.8 Å². The number of piperidine rings is 1. The van der Waals surface area contributed by atoms with Gasteiger partial charge in [0.25, 0.3) is 5.91 Å². The number of nitrogens with zero attached hydrogens (tertiary/aromatic N) is 6. The molecule has 0 saturated carbocycles. The topological polar surface area (TPSA) is 119 Å². The molecule has 5 heterocycles. The molecule has 3 aliphatic rings. The van der Waals surface area contributed by atoms with Gasteiger partial charge in [-0.05, 0) is 24.7 Å². The van der Waals surface area contributed by atoms with Gasteiger partial charge in [0.1, 0.15) is 17.1 Å². The Bertz CT molecular complexity index is 1190. The SMILES string of the molecule is CN1CCn2c(CN3CCC4(CC3)NC(=O)NC4=O)c(CC(C)(C)C)c3nc(C#N)nc1c32. The third-order valence-corrected chi connectivity index (χ3v) is 7.02. The lowest BCUT2D eigenvalue weighted by molar-refractivity contribution is -0.125. The van der Waals surface area contributed by atoms with Gasteiger partial charge in [0.15, 0.2) is 5.82 Å². The molecular weight excluding hydrogens is 420 g/mol. The average Bonchev–Trinajstić information content (AvgIpc) is 3.19. The van der Waals surface area contributed by atoms with Gasteiger partial charge in [-0.25, -0.2) is 9.78 Å². The third-order valence-electron chi connectivity index (χ3n) is 7.02. The van der Waals surface area contributed by atoms with Gasteiger partial charge in [-0.2, -0.15) is 10.2 Å². The van der Waals surface area contributed by atoms with E-state index in [0.29, 0.717) is 25.9 Å². The highest BCUT2D eigenvalue weighted by Gasteiger charge is 2.48. The van der Waals surface area contributed by atoms with Crippen molar-refractivity contribution in [2.75, 3.05) is 31.6 Å². The average molecular weight is 451 g/mol. The van der Waals surface area contributed by atoms with Crippen molar-refractivity contribution in [3.8, 4) is 6.07 Å². The monoisotopic (exact) mass is 450 g/mol. The van der Waals surface area contributed by atoms with Crippen LogP contribution in [0.1, 0.15) is 50.7 Å². The number of hydrogen-bond acceptors (Lipinski definition) is 7. The quantitative estimate of drug-likeness (QED) is 0.681. The number of amides is 3. The largest absolute Gasteiger partial charge is 0.356 e. The zero-order chi connectivity index (χ0) is 23.5. The fourth-order valence-electron chi connectivity index (χ4n) is 5.34. The van der Waals surface area contributed by atoms with Crippen molar-refractivity contribution in [1.29, 1.82) is 5.26 Å². The van der Waals surface area contributed by atoms with Crippen molar-refractivity contribution in [3.05, 3.63) is 17.1 Å². The number of aromatic nitrogens is 3. The number of nitriles is 1. The standard InChI is InChI=1S/C23H30N8O2/c1-22(2,3)11-14-15(13-30-7-5-23(6-8-30)20(32)27-21(33)28-23)31-10-9-29(4)19-18(31)17(14)25-16(12-24)26-19/h5-11,13H2,1-4H3,(H2,27,28,32,33). The number of likely N-dealkylation sites (N-methyl/N-ethyl adjacent to an activating group) is 1. The van der Waals surface area contributed by atoms with Crippen LogP contribution < -0.4 is 15.5 Å².